The van der Waals surface area contributed by atoms with Crippen molar-refractivity contribution in [3.8, 4) is 0 Å². The average Bonchev–Trinajstić information content (AvgIpc) is 2.77. The molecule has 4 nitrogen and oxygen atoms in total. The molecule has 0 heterocycles. The Morgan fingerprint density at radius 3 is 2.34 bits per heavy atom. The van der Waals surface area contributed by atoms with Crippen LogP contribution in [0.2, 0.25) is 10.0 Å². The number of nitrogens with zero attached hydrogens (tertiary/aromatic N) is 1. The summed E-state index contributed by atoms with van der Waals surface area (Å²) in [5.74, 6) is 0.864. The molecule has 1 N–H and O–H groups in total. The summed E-state index contributed by atoms with van der Waals surface area (Å²) in [6, 6.07) is 13.1. The number of hydrogen-bond donors (Lipinski definition) is 1. The van der Waals surface area contributed by atoms with E-state index in [1.165, 1.54) is 11.1 Å². The summed E-state index contributed by atoms with van der Waals surface area (Å²) in [7, 11) is 0. The molecule has 0 aliphatic heterocycles. The van der Waals surface area contributed by atoms with Crippen LogP contribution in [0, 0.1) is 6.92 Å². The van der Waals surface area contributed by atoms with E-state index in [9.17, 15) is 9.59 Å². The number of rotatable bonds is 12. The van der Waals surface area contributed by atoms with Crippen LogP contribution < -0.4 is 5.32 Å². The van der Waals surface area contributed by atoms with Crippen molar-refractivity contribution >= 4 is 46.8 Å². The smallest absolute Gasteiger partial charge is 0.242 e. The van der Waals surface area contributed by atoms with Crippen molar-refractivity contribution in [1.29, 1.82) is 0 Å². The number of unbranched alkanes of at least 4 members (excludes halogenated alkanes) is 1. The molecule has 2 amide bonds. The zero-order valence-electron chi connectivity index (χ0n) is 19.0. The first-order chi connectivity index (χ1) is 15.3. The molecule has 0 unspecified atom stereocenters. The second kappa shape index (κ2) is 13.8. The predicted octanol–water partition coefficient (Wildman–Crippen LogP) is 6.26. The van der Waals surface area contributed by atoms with E-state index in [1.54, 1.807) is 28.8 Å². The molecule has 0 aromatic heterocycles. The molecule has 2 rings (SSSR count). The number of amides is 2. The third-order valence-corrected chi connectivity index (χ3v) is 6.89. The lowest BCUT2D eigenvalue weighted by molar-refractivity contribution is -0.139. The van der Waals surface area contributed by atoms with Crippen molar-refractivity contribution in [2.24, 2.45) is 0 Å². The third kappa shape index (κ3) is 8.34. The Bertz CT molecular complexity index is 890. The lowest BCUT2D eigenvalue weighted by Gasteiger charge is -2.30. The normalized spacial score (nSPS) is 11.8. The highest BCUT2D eigenvalue weighted by atomic mass is 35.5. The van der Waals surface area contributed by atoms with Crippen molar-refractivity contribution in [2.75, 3.05) is 12.3 Å². The standard InChI is InChI=1S/C25H32Cl2N2O2S/c1-4-6-13-28-25(31)23(5-2)29(15-20-11-12-21(26)22(27)14-20)24(30)17-32-16-19-9-7-18(3)8-10-19/h7-12,14,23H,4-6,13,15-17H2,1-3H3,(H,28,31)/t23-/m1/s1. The van der Waals surface area contributed by atoms with E-state index in [0.29, 0.717) is 35.3 Å². The van der Waals surface area contributed by atoms with Crippen LogP contribution in [0.1, 0.15) is 49.8 Å². The highest BCUT2D eigenvalue weighted by Crippen LogP contribution is 2.24. The van der Waals surface area contributed by atoms with Gasteiger partial charge in [-0.2, -0.15) is 0 Å². The molecule has 0 aliphatic carbocycles. The number of benzene rings is 2. The lowest BCUT2D eigenvalue weighted by Crippen LogP contribution is -2.49. The molecule has 1 atom stereocenters. The van der Waals surface area contributed by atoms with Crippen LogP contribution >= 0.6 is 35.0 Å². The molecule has 2 aromatic carbocycles. The number of thioether (sulfide) groups is 1. The van der Waals surface area contributed by atoms with Crippen LogP contribution in [-0.4, -0.2) is 35.1 Å². The highest BCUT2D eigenvalue weighted by molar-refractivity contribution is 7.99. The summed E-state index contributed by atoms with van der Waals surface area (Å²) in [6.07, 6.45) is 2.45. The maximum atomic E-state index is 13.2. The Morgan fingerprint density at radius 1 is 1.03 bits per heavy atom. The monoisotopic (exact) mass is 494 g/mol. The summed E-state index contributed by atoms with van der Waals surface area (Å²) >= 11 is 13.8. The van der Waals surface area contributed by atoms with E-state index in [-0.39, 0.29) is 11.8 Å². The van der Waals surface area contributed by atoms with Crippen molar-refractivity contribution in [2.45, 2.75) is 58.4 Å². The molecule has 0 aliphatic rings. The molecule has 7 heteroatoms. The number of carbonyl (C=O) groups excluding carboxylic acids is 2. The molecule has 0 fully saturated rings. The van der Waals surface area contributed by atoms with Crippen LogP contribution in [0.5, 0.6) is 0 Å². The van der Waals surface area contributed by atoms with Gasteiger partial charge < -0.3 is 10.2 Å². The van der Waals surface area contributed by atoms with Crippen molar-refractivity contribution < 1.29 is 9.59 Å². The number of halogens is 2. The summed E-state index contributed by atoms with van der Waals surface area (Å²) in [5, 5.41) is 3.88. The van der Waals surface area contributed by atoms with E-state index in [0.717, 1.165) is 24.2 Å². The molecule has 0 radical (unpaired) electrons. The van der Waals surface area contributed by atoms with Gasteiger partial charge in [0.1, 0.15) is 6.04 Å². The van der Waals surface area contributed by atoms with Crippen molar-refractivity contribution in [3.05, 3.63) is 69.2 Å². The van der Waals surface area contributed by atoms with Gasteiger partial charge in [0, 0.05) is 18.8 Å². The number of aryl methyl sites for hydroxylation is 1. The molecular weight excluding hydrogens is 463 g/mol. The minimum atomic E-state index is -0.534. The zero-order chi connectivity index (χ0) is 23.5. The van der Waals surface area contributed by atoms with Gasteiger partial charge in [0.15, 0.2) is 0 Å². The van der Waals surface area contributed by atoms with Gasteiger partial charge in [-0.3, -0.25) is 9.59 Å². The summed E-state index contributed by atoms with van der Waals surface area (Å²) in [5.41, 5.74) is 3.23. The number of nitrogens with one attached hydrogen (secondary N) is 1. The second-order valence-corrected chi connectivity index (χ2v) is 9.62. The molecule has 32 heavy (non-hydrogen) atoms. The van der Waals surface area contributed by atoms with Crippen LogP contribution in [0.25, 0.3) is 0 Å². The van der Waals surface area contributed by atoms with Crippen LogP contribution in [-0.2, 0) is 21.9 Å². The summed E-state index contributed by atoms with van der Waals surface area (Å²) < 4.78 is 0. The Balaban J connectivity index is 2.12. The zero-order valence-corrected chi connectivity index (χ0v) is 21.3. The summed E-state index contributed by atoms with van der Waals surface area (Å²) in [6.45, 7) is 6.98. The van der Waals surface area contributed by atoms with E-state index in [1.807, 2.05) is 13.0 Å². The average molecular weight is 496 g/mol. The number of hydrogen-bond acceptors (Lipinski definition) is 3. The van der Waals surface area contributed by atoms with Gasteiger partial charge in [-0.05, 0) is 43.0 Å². The minimum absolute atomic E-state index is 0.0642. The first-order valence-electron chi connectivity index (χ1n) is 11.0. The maximum absolute atomic E-state index is 13.2. The van der Waals surface area contributed by atoms with E-state index < -0.39 is 6.04 Å². The van der Waals surface area contributed by atoms with Gasteiger partial charge in [-0.25, -0.2) is 0 Å². The molecule has 0 saturated carbocycles. The third-order valence-electron chi connectivity index (χ3n) is 5.17. The van der Waals surface area contributed by atoms with Crippen LogP contribution in [0.4, 0.5) is 0 Å². The van der Waals surface area contributed by atoms with Gasteiger partial charge in [-0.15, -0.1) is 11.8 Å². The molecule has 0 bridgehead atoms. The van der Waals surface area contributed by atoms with Gasteiger partial charge in [0.2, 0.25) is 11.8 Å². The van der Waals surface area contributed by atoms with Gasteiger partial charge in [0.25, 0.3) is 0 Å². The fourth-order valence-corrected chi connectivity index (χ4v) is 4.48. The van der Waals surface area contributed by atoms with Crippen molar-refractivity contribution in [3.63, 3.8) is 0 Å². The Hall–Kier alpha value is -1.69. The Labute approximate surface area is 206 Å². The van der Waals surface area contributed by atoms with Crippen LogP contribution in [0.3, 0.4) is 0 Å². The molecule has 0 saturated heterocycles. The second-order valence-electron chi connectivity index (χ2n) is 7.82. The topological polar surface area (TPSA) is 49.4 Å². The van der Waals surface area contributed by atoms with Crippen LogP contribution in [0.15, 0.2) is 42.5 Å². The lowest BCUT2D eigenvalue weighted by atomic mass is 10.1. The maximum Gasteiger partial charge on any atom is 0.242 e. The van der Waals surface area contributed by atoms with E-state index >= 15 is 0 Å². The molecule has 2 aromatic rings. The molecular formula is C25H32Cl2N2O2S. The highest BCUT2D eigenvalue weighted by Gasteiger charge is 2.28. The molecule has 0 spiro atoms. The SMILES string of the molecule is CCCCNC(=O)[C@@H](CC)N(Cc1ccc(Cl)c(Cl)c1)C(=O)CSCc1ccc(C)cc1. The van der Waals surface area contributed by atoms with E-state index in [4.69, 9.17) is 23.2 Å². The summed E-state index contributed by atoms with van der Waals surface area (Å²) in [4.78, 5) is 27.8. The largest absolute Gasteiger partial charge is 0.354 e. The predicted molar refractivity (Wildman–Crippen MR) is 136 cm³/mol. The van der Waals surface area contributed by atoms with Gasteiger partial charge >= 0.3 is 0 Å². The fraction of sp³-hybridized carbons (Fsp3) is 0.440. The first kappa shape index (κ1) is 26.6. The van der Waals surface area contributed by atoms with Gasteiger partial charge in [0.05, 0.1) is 15.8 Å². The quantitative estimate of drug-likeness (QED) is 0.354. The molecule has 174 valence electrons. The minimum Gasteiger partial charge on any atom is -0.354 e. The van der Waals surface area contributed by atoms with Crippen molar-refractivity contribution in [1.82, 2.24) is 10.2 Å². The Kier molecular flexibility index (Phi) is 11.4. The fourth-order valence-electron chi connectivity index (χ4n) is 3.28. The van der Waals surface area contributed by atoms with E-state index in [2.05, 4.69) is 43.4 Å². The van der Waals surface area contributed by atoms with Gasteiger partial charge in [-0.1, -0.05) is 79.4 Å². The number of carbonyl (C=O) groups is 2. The Morgan fingerprint density at radius 2 is 1.72 bits per heavy atom. The first-order valence-corrected chi connectivity index (χ1v) is 12.9.